The summed E-state index contributed by atoms with van der Waals surface area (Å²) >= 11 is 0. The Kier molecular flexibility index (Phi) is 8.38. The summed E-state index contributed by atoms with van der Waals surface area (Å²) in [5.74, 6) is 5.08. The number of carboxylic acids is 1. The van der Waals surface area contributed by atoms with Gasteiger partial charge in [0.25, 0.3) is 0 Å². The van der Waals surface area contributed by atoms with Crippen LogP contribution >= 0.6 is 0 Å². The smallest absolute Gasteiger partial charge is 0.303 e. The Hall–Kier alpha value is -1.01. The standard InChI is InChI=1S/C10H16O3/c11-9-7-5-3-1-2-4-6-8-10(12)13/h11H,3-9H2,(H,12,13). The van der Waals surface area contributed by atoms with Crippen molar-refractivity contribution in [3.8, 4) is 11.8 Å². The molecule has 0 heterocycles. The largest absolute Gasteiger partial charge is 0.481 e. The van der Waals surface area contributed by atoms with E-state index in [9.17, 15) is 4.79 Å². The van der Waals surface area contributed by atoms with Gasteiger partial charge in [0.2, 0.25) is 0 Å². The number of carboxylic acid groups (broad SMARTS) is 1. The van der Waals surface area contributed by atoms with E-state index in [1.807, 2.05) is 0 Å². The summed E-state index contributed by atoms with van der Waals surface area (Å²) < 4.78 is 0. The van der Waals surface area contributed by atoms with Crippen molar-refractivity contribution in [2.45, 2.75) is 38.5 Å². The topological polar surface area (TPSA) is 57.5 Å². The Morgan fingerprint density at radius 2 is 1.69 bits per heavy atom. The molecule has 0 unspecified atom stereocenters. The highest BCUT2D eigenvalue weighted by Gasteiger charge is 1.92. The van der Waals surface area contributed by atoms with Crippen LogP contribution in [0.2, 0.25) is 0 Å². The van der Waals surface area contributed by atoms with Gasteiger partial charge in [-0.15, -0.1) is 11.8 Å². The summed E-state index contributed by atoms with van der Waals surface area (Å²) in [6.45, 7) is 0.223. The zero-order chi connectivity index (χ0) is 9.94. The molecule has 0 bridgehead atoms. The molecule has 3 heteroatoms. The van der Waals surface area contributed by atoms with Gasteiger partial charge in [0.15, 0.2) is 0 Å². The minimum absolute atomic E-state index is 0.200. The lowest BCUT2D eigenvalue weighted by atomic mass is 10.2. The van der Waals surface area contributed by atoms with Crippen LogP contribution in [-0.2, 0) is 4.79 Å². The van der Waals surface area contributed by atoms with Crippen molar-refractivity contribution < 1.29 is 15.0 Å². The first-order chi connectivity index (χ1) is 6.27. The van der Waals surface area contributed by atoms with Crippen LogP contribution in [-0.4, -0.2) is 22.8 Å². The number of aliphatic hydroxyl groups is 1. The molecule has 0 aliphatic heterocycles. The molecular weight excluding hydrogens is 168 g/mol. The fraction of sp³-hybridized carbons (Fsp3) is 0.700. The third kappa shape index (κ3) is 11.0. The van der Waals surface area contributed by atoms with Crippen LogP contribution in [0.1, 0.15) is 38.5 Å². The average molecular weight is 184 g/mol. The number of aliphatic carboxylic acids is 1. The van der Waals surface area contributed by atoms with E-state index < -0.39 is 5.97 Å². The highest BCUT2D eigenvalue weighted by atomic mass is 16.4. The van der Waals surface area contributed by atoms with Crippen molar-refractivity contribution in [3.63, 3.8) is 0 Å². The van der Waals surface area contributed by atoms with Gasteiger partial charge in [-0.25, -0.2) is 0 Å². The number of hydrogen-bond acceptors (Lipinski definition) is 2. The molecule has 0 atom stereocenters. The monoisotopic (exact) mass is 184 g/mol. The average Bonchev–Trinajstić information content (AvgIpc) is 2.09. The fourth-order valence-electron chi connectivity index (χ4n) is 0.830. The van der Waals surface area contributed by atoms with Crippen LogP contribution in [0.15, 0.2) is 0 Å². The zero-order valence-corrected chi connectivity index (χ0v) is 7.75. The maximum Gasteiger partial charge on any atom is 0.303 e. The van der Waals surface area contributed by atoms with Crippen molar-refractivity contribution in [2.75, 3.05) is 6.61 Å². The molecule has 3 nitrogen and oxygen atoms in total. The second-order valence-electron chi connectivity index (χ2n) is 2.78. The van der Waals surface area contributed by atoms with Crippen LogP contribution in [0, 0.1) is 11.8 Å². The SMILES string of the molecule is O=C(O)CCCC#CCCCCO. The van der Waals surface area contributed by atoms with Gasteiger partial charge in [-0.1, -0.05) is 0 Å². The Morgan fingerprint density at radius 1 is 1.08 bits per heavy atom. The molecule has 0 aromatic rings. The maximum atomic E-state index is 10.1. The third-order valence-electron chi connectivity index (χ3n) is 1.53. The number of rotatable bonds is 6. The first-order valence-corrected chi connectivity index (χ1v) is 4.55. The number of aliphatic hydroxyl groups excluding tert-OH is 1. The summed E-state index contributed by atoms with van der Waals surface area (Å²) in [4.78, 5) is 10.1. The van der Waals surface area contributed by atoms with Gasteiger partial charge in [0.1, 0.15) is 0 Å². The lowest BCUT2D eigenvalue weighted by Gasteiger charge is -1.89. The fourth-order valence-corrected chi connectivity index (χ4v) is 0.830. The lowest BCUT2D eigenvalue weighted by Crippen LogP contribution is -1.92. The molecule has 0 rings (SSSR count). The molecular formula is C10H16O3. The van der Waals surface area contributed by atoms with E-state index in [4.69, 9.17) is 10.2 Å². The molecule has 0 aliphatic carbocycles. The van der Waals surface area contributed by atoms with E-state index in [0.717, 1.165) is 19.3 Å². The highest BCUT2D eigenvalue weighted by Crippen LogP contribution is 1.95. The number of carbonyl (C=O) groups is 1. The predicted molar refractivity (Wildman–Crippen MR) is 50.2 cm³/mol. The van der Waals surface area contributed by atoms with Gasteiger partial charge in [-0.05, 0) is 19.3 Å². The van der Waals surface area contributed by atoms with Crippen molar-refractivity contribution in [1.29, 1.82) is 0 Å². The highest BCUT2D eigenvalue weighted by molar-refractivity contribution is 5.66. The van der Waals surface area contributed by atoms with Crippen LogP contribution in [0.25, 0.3) is 0 Å². The second kappa shape index (κ2) is 9.08. The van der Waals surface area contributed by atoms with E-state index in [2.05, 4.69) is 11.8 Å². The number of unbranched alkanes of at least 4 members (excludes halogenated alkanes) is 3. The Morgan fingerprint density at radius 3 is 2.23 bits per heavy atom. The zero-order valence-electron chi connectivity index (χ0n) is 7.75. The Labute approximate surface area is 78.8 Å². The molecule has 0 aromatic carbocycles. The molecule has 0 aliphatic rings. The Bertz CT molecular complexity index is 188. The molecule has 74 valence electrons. The van der Waals surface area contributed by atoms with E-state index in [1.54, 1.807) is 0 Å². The summed E-state index contributed by atoms with van der Waals surface area (Å²) in [5, 5.41) is 16.8. The molecule has 0 fully saturated rings. The molecule has 0 saturated heterocycles. The summed E-state index contributed by atoms with van der Waals surface area (Å²) in [6, 6.07) is 0. The van der Waals surface area contributed by atoms with Gasteiger partial charge in [-0.3, -0.25) is 4.79 Å². The van der Waals surface area contributed by atoms with Crippen LogP contribution in [0.3, 0.4) is 0 Å². The molecule has 0 radical (unpaired) electrons. The van der Waals surface area contributed by atoms with Crippen LogP contribution in [0.4, 0.5) is 0 Å². The normalized spacial score (nSPS) is 9.00. The Balaban J connectivity index is 3.15. The minimum atomic E-state index is -0.762. The molecule has 13 heavy (non-hydrogen) atoms. The minimum Gasteiger partial charge on any atom is -0.481 e. The quantitative estimate of drug-likeness (QED) is 0.484. The predicted octanol–water partition coefficient (Wildman–Crippen LogP) is 1.41. The first-order valence-electron chi connectivity index (χ1n) is 4.55. The van der Waals surface area contributed by atoms with Gasteiger partial charge in [-0.2, -0.15) is 0 Å². The molecule has 0 spiro atoms. The van der Waals surface area contributed by atoms with Crippen LogP contribution < -0.4 is 0 Å². The lowest BCUT2D eigenvalue weighted by molar-refractivity contribution is -0.137. The molecule has 2 N–H and O–H groups in total. The van der Waals surface area contributed by atoms with Crippen molar-refractivity contribution in [1.82, 2.24) is 0 Å². The van der Waals surface area contributed by atoms with E-state index in [0.29, 0.717) is 12.8 Å². The molecule has 0 aromatic heterocycles. The van der Waals surface area contributed by atoms with Gasteiger partial charge < -0.3 is 10.2 Å². The van der Waals surface area contributed by atoms with E-state index in [1.165, 1.54) is 0 Å². The van der Waals surface area contributed by atoms with Crippen molar-refractivity contribution >= 4 is 5.97 Å². The van der Waals surface area contributed by atoms with Crippen molar-refractivity contribution in [3.05, 3.63) is 0 Å². The second-order valence-corrected chi connectivity index (χ2v) is 2.78. The van der Waals surface area contributed by atoms with Gasteiger partial charge in [0.05, 0.1) is 0 Å². The van der Waals surface area contributed by atoms with Gasteiger partial charge in [0, 0.05) is 25.9 Å². The first kappa shape index (κ1) is 12.0. The van der Waals surface area contributed by atoms with E-state index >= 15 is 0 Å². The third-order valence-corrected chi connectivity index (χ3v) is 1.53. The van der Waals surface area contributed by atoms with Gasteiger partial charge >= 0.3 is 5.97 Å². The summed E-state index contributed by atoms with van der Waals surface area (Å²) in [5.41, 5.74) is 0. The van der Waals surface area contributed by atoms with Crippen LogP contribution in [0.5, 0.6) is 0 Å². The summed E-state index contributed by atoms with van der Waals surface area (Å²) in [6.07, 6.45) is 4.00. The molecule has 0 amide bonds. The molecule has 0 saturated carbocycles. The van der Waals surface area contributed by atoms with Crippen molar-refractivity contribution in [2.24, 2.45) is 0 Å². The maximum absolute atomic E-state index is 10.1. The number of hydrogen-bond donors (Lipinski definition) is 2. The summed E-state index contributed by atoms with van der Waals surface area (Å²) in [7, 11) is 0. The van der Waals surface area contributed by atoms with E-state index in [-0.39, 0.29) is 13.0 Å².